The molecule has 0 spiro atoms. The van der Waals surface area contributed by atoms with Gasteiger partial charge in [0.05, 0.1) is 31.0 Å². The van der Waals surface area contributed by atoms with Crippen molar-refractivity contribution in [3.05, 3.63) is 107 Å². The second-order valence-corrected chi connectivity index (χ2v) is 10.3. The van der Waals surface area contributed by atoms with E-state index in [2.05, 4.69) is 81.0 Å². The minimum absolute atomic E-state index is 0.00909. The SMILES string of the molecule is Cc1cc([C@@H]2[C@H](c3ccccn3)NC(=S)N2Cc2cccnc2)c(C)n1-c1ccc(N2CCOCC2)cc1. The molecule has 7 nitrogen and oxygen atoms in total. The van der Waals surface area contributed by atoms with E-state index in [0.29, 0.717) is 6.54 Å². The average molecular weight is 525 g/mol. The number of pyridine rings is 2. The second-order valence-electron chi connectivity index (χ2n) is 9.89. The number of hydrogen-bond acceptors (Lipinski definition) is 5. The number of thiocarbonyl (C=S) groups is 1. The van der Waals surface area contributed by atoms with Crippen LogP contribution in [0.1, 0.15) is 40.3 Å². The topological polar surface area (TPSA) is 58.5 Å². The van der Waals surface area contributed by atoms with Crippen molar-refractivity contribution >= 4 is 23.0 Å². The largest absolute Gasteiger partial charge is 0.378 e. The highest BCUT2D eigenvalue weighted by molar-refractivity contribution is 7.80. The van der Waals surface area contributed by atoms with E-state index in [1.807, 2.05) is 30.6 Å². The molecule has 2 fully saturated rings. The number of rotatable bonds is 6. The molecule has 1 N–H and O–H groups in total. The number of hydrogen-bond donors (Lipinski definition) is 1. The average Bonchev–Trinajstić information content (AvgIpc) is 3.44. The maximum Gasteiger partial charge on any atom is 0.170 e. The van der Waals surface area contributed by atoms with Crippen molar-refractivity contribution < 1.29 is 4.74 Å². The number of aryl methyl sites for hydroxylation is 1. The lowest BCUT2D eigenvalue weighted by atomic mass is 9.96. The number of benzene rings is 1. The lowest BCUT2D eigenvalue weighted by Gasteiger charge is -2.29. The van der Waals surface area contributed by atoms with Crippen LogP contribution >= 0.6 is 12.2 Å². The van der Waals surface area contributed by atoms with E-state index in [1.165, 1.54) is 22.6 Å². The Morgan fingerprint density at radius 1 is 0.974 bits per heavy atom. The van der Waals surface area contributed by atoms with Gasteiger partial charge in [0.1, 0.15) is 0 Å². The molecular weight excluding hydrogens is 492 g/mol. The fourth-order valence-electron chi connectivity index (χ4n) is 5.72. The third-order valence-corrected chi connectivity index (χ3v) is 7.90. The molecule has 0 unspecified atom stereocenters. The van der Waals surface area contributed by atoms with Crippen LogP contribution in [0, 0.1) is 13.8 Å². The van der Waals surface area contributed by atoms with Crippen molar-refractivity contribution in [1.29, 1.82) is 0 Å². The van der Waals surface area contributed by atoms with Gasteiger partial charge in [0.15, 0.2) is 5.11 Å². The van der Waals surface area contributed by atoms with Crippen LogP contribution in [0.25, 0.3) is 5.69 Å². The quantitative estimate of drug-likeness (QED) is 0.360. The first kappa shape index (κ1) is 24.6. The molecule has 8 heteroatoms. The van der Waals surface area contributed by atoms with Crippen molar-refractivity contribution in [3.8, 4) is 5.69 Å². The molecule has 3 aromatic heterocycles. The van der Waals surface area contributed by atoms with Crippen molar-refractivity contribution in [2.24, 2.45) is 0 Å². The summed E-state index contributed by atoms with van der Waals surface area (Å²) in [5, 5.41) is 4.31. The number of aromatic nitrogens is 3. The predicted octanol–water partition coefficient (Wildman–Crippen LogP) is 4.89. The molecule has 0 aliphatic carbocycles. The Labute approximate surface area is 229 Å². The molecule has 6 rings (SSSR count). The number of nitrogens with zero attached hydrogens (tertiary/aromatic N) is 5. The number of anilines is 1. The van der Waals surface area contributed by atoms with Crippen molar-refractivity contribution in [1.82, 2.24) is 24.8 Å². The van der Waals surface area contributed by atoms with Gasteiger partial charge in [-0.3, -0.25) is 9.97 Å². The highest BCUT2D eigenvalue weighted by Crippen LogP contribution is 2.42. The predicted molar refractivity (Wildman–Crippen MR) is 154 cm³/mol. The van der Waals surface area contributed by atoms with Crippen LogP contribution < -0.4 is 10.2 Å². The van der Waals surface area contributed by atoms with Crippen LogP contribution in [0.4, 0.5) is 5.69 Å². The smallest absolute Gasteiger partial charge is 0.170 e. The normalized spacial score (nSPS) is 19.6. The molecule has 0 amide bonds. The zero-order chi connectivity index (χ0) is 26.1. The van der Waals surface area contributed by atoms with Gasteiger partial charge >= 0.3 is 0 Å². The number of nitrogens with one attached hydrogen (secondary N) is 1. The zero-order valence-electron chi connectivity index (χ0n) is 21.7. The van der Waals surface area contributed by atoms with Gasteiger partial charge in [0, 0.05) is 61.0 Å². The van der Waals surface area contributed by atoms with Crippen molar-refractivity contribution in [3.63, 3.8) is 0 Å². The Kier molecular flexibility index (Phi) is 6.82. The van der Waals surface area contributed by atoms with Crippen molar-refractivity contribution in [2.45, 2.75) is 32.5 Å². The van der Waals surface area contributed by atoms with Crippen molar-refractivity contribution in [2.75, 3.05) is 31.2 Å². The Bertz CT molecular complexity index is 1400. The van der Waals surface area contributed by atoms with Gasteiger partial charge in [-0.15, -0.1) is 0 Å². The summed E-state index contributed by atoms with van der Waals surface area (Å²) in [5.74, 6) is 0. The molecule has 2 atom stereocenters. The third kappa shape index (κ3) is 4.66. The van der Waals surface area contributed by atoms with Gasteiger partial charge < -0.3 is 24.4 Å². The summed E-state index contributed by atoms with van der Waals surface area (Å²) >= 11 is 5.89. The molecule has 2 saturated heterocycles. The summed E-state index contributed by atoms with van der Waals surface area (Å²) in [7, 11) is 0. The monoisotopic (exact) mass is 524 g/mol. The molecule has 2 aliphatic heterocycles. The first-order valence-corrected chi connectivity index (χ1v) is 13.5. The standard InChI is InChI=1S/C30H32N6OS/c1-21-18-26(22(2)36(21)25-10-8-24(9-11-25)34-14-16-37-17-15-34)29-28(27-7-3-4-13-32-27)33-30(38)35(29)20-23-6-5-12-31-19-23/h3-13,18-19,28-29H,14-17,20H2,1-2H3,(H,33,38)/t28-,29+/m0/s1. The summed E-state index contributed by atoms with van der Waals surface area (Å²) in [5.41, 5.74) is 8.13. The first-order valence-electron chi connectivity index (χ1n) is 13.1. The molecule has 4 aromatic rings. The summed E-state index contributed by atoms with van der Waals surface area (Å²) in [4.78, 5) is 13.7. The summed E-state index contributed by atoms with van der Waals surface area (Å²) in [6, 6.07) is 21.2. The second kappa shape index (κ2) is 10.6. The molecule has 5 heterocycles. The van der Waals surface area contributed by atoms with Gasteiger partial charge in [0.25, 0.3) is 0 Å². The lowest BCUT2D eigenvalue weighted by molar-refractivity contribution is 0.122. The molecule has 0 saturated carbocycles. The summed E-state index contributed by atoms with van der Waals surface area (Å²) < 4.78 is 7.86. The van der Waals surface area contributed by atoms with Gasteiger partial charge in [-0.1, -0.05) is 12.1 Å². The third-order valence-electron chi connectivity index (χ3n) is 7.55. The van der Waals surface area contributed by atoms with Gasteiger partial charge in [-0.05, 0) is 85.7 Å². The van der Waals surface area contributed by atoms with E-state index in [-0.39, 0.29) is 12.1 Å². The Balaban J connectivity index is 1.38. The molecular formula is C30H32N6OS. The Morgan fingerprint density at radius 3 is 2.47 bits per heavy atom. The fourth-order valence-corrected chi connectivity index (χ4v) is 6.03. The minimum Gasteiger partial charge on any atom is -0.378 e. The highest BCUT2D eigenvalue weighted by atomic mass is 32.1. The van der Waals surface area contributed by atoms with E-state index in [4.69, 9.17) is 21.9 Å². The zero-order valence-corrected chi connectivity index (χ0v) is 22.6. The Hall–Kier alpha value is -3.75. The lowest BCUT2D eigenvalue weighted by Crippen LogP contribution is -2.36. The van der Waals surface area contributed by atoms with E-state index in [0.717, 1.165) is 48.4 Å². The molecule has 2 aliphatic rings. The highest BCUT2D eigenvalue weighted by Gasteiger charge is 2.41. The molecule has 194 valence electrons. The van der Waals surface area contributed by atoms with Gasteiger partial charge in [0.2, 0.25) is 0 Å². The van der Waals surface area contributed by atoms with Crippen LogP contribution in [0.2, 0.25) is 0 Å². The van der Waals surface area contributed by atoms with Crippen LogP contribution in [0.5, 0.6) is 0 Å². The minimum atomic E-state index is -0.0574. The maximum absolute atomic E-state index is 5.89. The molecule has 0 bridgehead atoms. The van der Waals surface area contributed by atoms with E-state index < -0.39 is 0 Å². The van der Waals surface area contributed by atoms with E-state index in [9.17, 15) is 0 Å². The van der Waals surface area contributed by atoms with Crippen LogP contribution in [-0.4, -0.2) is 50.9 Å². The molecule has 38 heavy (non-hydrogen) atoms. The molecule has 0 radical (unpaired) electrons. The Morgan fingerprint density at radius 2 is 1.76 bits per heavy atom. The summed E-state index contributed by atoms with van der Waals surface area (Å²) in [6.07, 6.45) is 5.56. The van der Waals surface area contributed by atoms with Crippen LogP contribution in [0.3, 0.4) is 0 Å². The number of morpholine rings is 1. The fraction of sp³-hybridized carbons (Fsp3) is 0.300. The van der Waals surface area contributed by atoms with E-state index >= 15 is 0 Å². The maximum atomic E-state index is 5.89. The van der Waals surface area contributed by atoms with Gasteiger partial charge in [-0.25, -0.2) is 0 Å². The van der Waals surface area contributed by atoms with Gasteiger partial charge in [-0.2, -0.15) is 0 Å². The molecule has 1 aromatic carbocycles. The summed E-state index contributed by atoms with van der Waals surface area (Å²) in [6.45, 7) is 8.48. The first-order chi connectivity index (χ1) is 18.6. The van der Waals surface area contributed by atoms with E-state index in [1.54, 1.807) is 6.20 Å². The van der Waals surface area contributed by atoms with Crippen LogP contribution in [0.15, 0.2) is 79.3 Å². The number of ether oxygens (including phenoxy) is 1. The van der Waals surface area contributed by atoms with Crippen LogP contribution in [-0.2, 0) is 11.3 Å².